The number of hydrogen-bond donors (Lipinski definition) is 1. The van der Waals surface area contributed by atoms with Gasteiger partial charge in [-0.05, 0) is 24.1 Å². The van der Waals surface area contributed by atoms with E-state index in [-0.39, 0.29) is 5.69 Å². The van der Waals surface area contributed by atoms with Crippen molar-refractivity contribution in [3.8, 4) is 0 Å². The highest BCUT2D eigenvalue weighted by Gasteiger charge is 2.15. The SMILES string of the molecule is CCCN(Cc1ccccc1)C(=O)Nc1ccc(F)cc1F. The molecule has 0 unspecified atom stereocenters. The molecule has 5 heteroatoms. The van der Waals surface area contributed by atoms with E-state index in [9.17, 15) is 13.6 Å². The predicted octanol–water partition coefficient (Wildman–Crippen LogP) is 4.41. The van der Waals surface area contributed by atoms with E-state index in [0.717, 1.165) is 24.1 Å². The van der Waals surface area contributed by atoms with Crippen LogP contribution in [-0.4, -0.2) is 17.5 Å². The molecule has 0 saturated carbocycles. The van der Waals surface area contributed by atoms with Crippen LogP contribution in [0.1, 0.15) is 18.9 Å². The minimum absolute atomic E-state index is 0.0273. The summed E-state index contributed by atoms with van der Waals surface area (Å²) in [4.78, 5) is 13.9. The Balaban J connectivity index is 2.09. The van der Waals surface area contributed by atoms with Crippen LogP contribution in [0.2, 0.25) is 0 Å². The molecular formula is C17H18F2N2O. The van der Waals surface area contributed by atoms with Crippen LogP contribution in [0.3, 0.4) is 0 Å². The van der Waals surface area contributed by atoms with Gasteiger partial charge >= 0.3 is 6.03 Å². The van der Waals surface area contributed by atoms with Crippen LogP contribution in [-0.2, 0) is 6.54 Å². The second-order valence-electron chi connectivity index (χ2n) is 4.96. The Morgan fingerprint density at radius 1 is 1.14 bits per heavy atom. The predicted molar refractivity (Wildman–Crippen MR) is 82.5 cm³/mol. The molecule has 1 N–H and O–H groups in total. The van der Waals surface area contributed by atoms with Gasteiger partial charge in [-0.15, -0.1) is 0 Å². The summed E-state index contributed by atoms with van der Waals surface area (Å²) >= 11 is 0. The van der Waals surface area contributed by atoms with Crippen molar-refractivity contribution in [2.45, 2.75) is 19.9 Å². The Kier molecular flexibility index (Phi) is 5.47. The van der Waals surface area contributed by atoms with Gasteiger partial charge in [0.2, 0.25) is 0 Å². The standard InChI is InChI=1S/C17H18F2N2O/c1-2-10-21(12-13-6-4-3-5-7-13)17(22)20-16-9-8-14(18)11-15(16)19/h3-9,11H,2,10,12H2,1H3,(H,20,22). The Labute approximate surface area is 128 Å². The molecule has 22 heavy (non-hydrogen) atoms. The van der Waals surface area contributed by atoms with Crippen molar-refractivity contribution in [2.75, 3.05) is 11.9 Å². The van der Waals surface area contributed by atoms with Gasteiger partial charge in [0.15, 0.2) is 0 Å². The monoisotopic (exact) mass is 304 g/mol. The third kappa shape index (κ3) is 4.28. The Bertz CT molecular complexity index is 632. The molecule has 0 fully saturated rings. The molecule has 2 aromatic carbocycles. The van der Waals surface area contributed by atoms with Crippen LogP contribution in [0, 0.1) is 11.6 Å². The van der Waals surface area contributed by atoms with E-state index in [1.54, 1.807) is 4.90 Å². The number of urea groups is 1. The lowest BCUT2D eigenvalue weighted by Gasteiger charge is -2.23. The smallest absolute Gasteiger partial charge is 0.320 e. The fourth-order valence-corrected chi connectivity index (χ4v) is 2.11. The molecule has 0 saturated heterocycles. The van der Waals surface area contributed by atoms with Crippen LogP contribution >= 0.6 is 0 Å². The van der Waals surface area contributed by atoms with E-state index in [0.29, 0.717) is 13.1 Å². The van der Waals surface area contributed by atoms with Crippen LogP contribution in [0.15, 0.2) is 48.5 Å². The summed E-state index contributed by atoms with van der Waals surface area (Å²) < 4.78 is 26.5. The Hall–Kier alpha value is -2.43. The maximum Gasteiger partial charge on any atom is 0.322 e. The third-order valence-electron chi connectivity index (χ3n) is 3.17. The number of anilines is 1. The van der Waals surface area contributed by atoms with Crippen LogP contribution in [0.5, 0.6) is 0 Å². The van der Waals surface area contributed by atoms with Gasteiger partial charge in [0.05, 0.1) is 5.69 Å². The number of rotatable bonds is 5. The minimum atomic E-state index is -0.787. The van der Waals surface area contributed by atoms with Gasteiger partial charge in [-0.2, -0.15) is 0 Å². The molecule has 0 aromatic heterocycles. The number of nitrogens with zero attached hydrogens (tertiary/aromatic N) is 1. The number of amides is 2. The highest BCUT2D eigenvalue weighted by molar-refractivity contribution is 5.89. The molecule has 116 valence electrons. The topological polar surface area (TPSA) is 32.3 Å². The first-order chi connectivity index (χ1) is 10.6. The van der Waals surface area contributed by atoms with E-state index in [2.05, 4.69) is 5.32 Å². The maximum absolute atomic E-state index is 13.6. The zero-order valence-electron chi connectivity index (χ0n) is 12.4. The van der Waals surface area contributed by atoms with Crippen molar-refractivity contribution in [2.24, 2.45) is 0 Å². The zero-order valence-corrected chi connectivity index (χ0v) is 12.4. The van der Waals surface area contributed by atoms with Crippen molar-refractivity contribution < 1.29 is 13.6 Å². The summed E-state index contributed by atoms with van der Waals surface area (Å²) in [6.45, 7) is 2.94. The molecule has 0 bridgehead atoms. The average molecular weight is 304 g/mol. The van der Waals surface area contributed by atoms with Crippen molar-refractivity contribution in [3.63, 3.8) is 0 Å². The molecule has 0 aliphatic rings. The van der Waals surface area contributed by atoms with Crippen molar-refractivity contribution in [1.29, 1.82) is 0 Å². The first-order valence-corrected chi connectivity index (χ1v) is 7.15. The average Bonchev–Trinajstić information content (AvgIpc) is 2.50. The molecule has 0 aliphatic heterocycles. The van der Waals surface area contributed by atoms with Crippen molar-refractivity contribution >= 4 is 11.7 Å². The van der Waals surface area contributed by atoms with Gasteiger partial charge in [-0.25, -0.2) is 13.6 Å². The van der Waals surface area contributed by atoms with Gasteiger partial charge in [0.1, 0.15) is 11.6 Å². The summed E-state index contributed by atoms with van der Waals surface area (Å²) in [6.07, 6.45) is 0.784. The lowest BCUT2D eigenvalue weighted by atomic mass is 10.2. The number of halogens is 2. The van der Waals surface area contributed by atoms with E-state index in [1.807, 2.05) is 37.3 Å². The number of carbonyl (C=O) groups is 1. The number of carbonyl (C=O) groups excluding carboxylic acids is 1. The summed E-state index contributed by atoms with van der Waals surface area (Å²) in [5.41, 5.74) is 0.964. The van der Waals surface area contributed by atoms with E-state index in [1.165, 1.54) is 6.07 Å². The summed E-state index contributed by atoms with van der Waals surface area (Å²) in [5.74, 6) is -1.46. The maximum atomic E-state index is 13.6. The molecule has 3 nitrogen and oxygen atoms in total. The highest BCUT2D eigenvalue weighted by atomic mass is 19.1. The third-order valence-corrected chi connectivity index (χ3v) is 3.17. The number of benzene rings is 2. The summed E-state index contributed by atoms with van der Waals surface area (Å²) in [7, 11) is 0. The first kappa shape index (κ1) is 15.9. The molecule has 2 amide bonds. The Morgan fingerprint density at radius 3 is 2.50 bits per heavy atom. The number of hydrogen-bond acceptors (Lipinski definition) is 1. The minimum Gasteiger partial charge on any atom is -0.320 e. The van der Waals surface area contributed by atoms with Crippen molar-refractivity contribution in [3.05, 3.63) is 65.7 Å². The fraction of sp³-hybridized carbons (Fsp3) is 0.235. The zero-order chi connectivity index (χ0) is 15.9. The lowest BCUT2D eigenvalue weighted by Crippen LogP contribution is -2.35. The molecule has 2 aromatic rings. The van der Waals surface area contributed by atoms with E-state index >= 15 is 0 Å². The molecule has 0 radical (unpaired) electrons. The molecule has 0 aliphatic carbocycles. The molecular weight excluding hydrogens is 286 g/mol. The van der Waals surface area contributed by atoms with Gasteiger partial charge in [-0.3, -0.25) is 0 Å². The number of nitrogens with one attached hydrogen (secondary N) is 1. The lowest BCUT2D eigenvalue weighted by molar-refractivity contribution is 0.209. The fourth-order valence-electron chi connectivity index (χ4n) is 2.11. The quantitative estimate of drug-likeness (QED) is 0.872. The molecule has 0 heterocycles. The van der Waals surface area contributed by atoms with Crippen LogP contribution in [0.4, 0.5) is 19.3 Å². The Morgan fingerprint density at radius 2 is 1.86 bits per heavy atom. The highest BCUT2D eigenvalue weighted by Crippen LogP contribution is 2.16. The van der Waals surface area contributed by atoms with Crippen LogP contribution < -0.4 is 5.32 Å². The van der Waals surface area contributed by atoms with Gasteiger partial charge in [-0.1, -0.05) is 37.3 Å². The molecule has 2 rings (SSSR count). The van der Waals surface area contributed by atoms with Crippen LogP contribution in [0.25, 0.3) is 0 Å². The first-order valence-electron chi connectivity index (χ1n) is 7.15. The van der Waals surface area contributed by atoms with Gasteiger partial charge in [0, 0.05) is 19.2 Å². The second-order valence-corrected chi connectivity index (χ2v) is 4.96. The molecule has 0 atom stereocenters. The van der Waals surface area contributed by atoms with E-state index < -0.39 is 17.7 Å². The van der Waals surface area contributed by atoms with E-state index in [4.69, 9.17) is 0 Å². The summed E-state index contributed by atoms with van der Waals surface area (Å²) in [6, 6.07) is 12.2. The van der Waals surface area contributed by atoms with Gasteiger partial charge in [0.25, 0.3) is 0 Å². The second kappa shape index (κ2) is 7.54. The summed E-state index contributed by atoms with van der Waals surface area (Å²) in [5, 5.41) is 2.49. The van der Waals surface area contributed by atoms with Crippen molar-refractivity contribution in [1.82, 2.24) is 4.90 Å². The molecule has 0 spiro atoms. The largest absolute Gasteiger partial charge is 0.322 e. The van der Waals surface area contributed by atoms with Gasteiger partial charge < -0.3 is 10.2 Å². The normalized spacial score (nSPS) is 10.3.